The zero-order valence-corrected chi connectivity index (χ0v) is 11.0. The Morgan fingerprint density at radius 1 is 1.44 bits per heavy atom. The van der Waals surface area contributed by atoms with Gasteiger partial charge in [0.1, 0.15) is 5.75 Å². The van der Waals surface area contributed by atoms with Gasteiger partial charge in [-0.2, -0.15) is 0 Å². The van der Waals surface area contributed by atoms with Gasteiger partial charge in [-0.3, -0.25) is 4.79 Å². The first-order chi connectivity index (χ1) is 8.54. The second-order valence-electron chi connectivity index (χ2n) is 3.81. The molecule has 0 aliphatic rings. The van der Waals surface area contributed by atoms with Gasteiger partial charge in [-0.25, -0.2) is 4.68 Å². The third-order valence-corrected chi connectivity index (χ3v) is 2.93. The number of rotatable bonds is 3. The van der Waals surface area contributed by atoms with Crippen LogP contribution in [0.25, 0.3) is 5.69 Å². The molecule has 0 fully saturated rings. The SMILES string of the molecule is COc1ccc(Cl)c(-n2nnc(C(C)=O)c2C)c1. The predicted molar refractivity (Wildman–Crippen MR) is 67.7 cm³/mol. The molecule has 0 saturated carbocycles. The molecule has 0 aliphatic carbocycles. The lowest BCUT2D eigenvalue weighted by Crippen LogP contribution is -2.02. The molecular weight excluding hydrogens is 254 g/mol. The summed E-state index contributed by atoms with van der Waals surface area (Å²) in [6.45, 7) is 3.22. The number of carbonyl (C=O) groups is 1. The monoisotopic (exact) mass is 265 g/mol. The van der Waals surface area contributed by atoms with Gasteiger partial charge in [0.25, 0.3) is 0 Å². The maximum absolute atomic E-state index is 11.3. The molecule has 0 spiro atoms. The maximum Gasteiger partial charge on any atom is 0.181 e. The van der Waals surface area contributed by atoms with E-state index in [9.17, 15) is 4.79 Å². The van der Waals surface area contributed by atoms with E-state index in [-0.39, 0.29) is 5.78 Å². The highest BCUT2D eigenvalue weighted by molar-refractivity contribution is 6.32. The average molecular weight is 266 g/mol. The highest BCUT2D eigenvalue weighted by atomic mass is 35.5. The number of ether oxygens (including phenoxy) is 1. The van der Waals surface area contributed by atoms with Crippen molar-refractivity contribution in [2.75, 3.05) is 7.11 Å². The maximum atomic E-state index is 11.3. The van der Waals surface area contributed by atoms with E-state index in [4.69, 9.17) is 16.3 Å². The van der Waals surface area contributed by atoms with Gasteiger partial charge < -0.3 is 4.74 Å². The molecule has 0 N–H and O–H groups in total. The fraction of sp³-hybridized carbons (Fsp3) is 0.250. The summed E-state index contributed by atoms with van der Waals surface area (Å²) in [5.41, 5.74) is 1.63. The minimum Gasteiger partial charge on any atom is -0.497 e. The van der Waals surface area contributed by atoms with Gasteiger partial charge in [0.15, 0.2) is 11.5 Å². The Morgan fingerprint density at radius 2 is 2.17 bits per heavy atom. The summed E-state index contributed by atoms with van der Waals surface area (Å²) in [6, 6.07) is 5.21. The smallest absolute Gasteiger partial charge is 0.181 e. The van der Waals surface area contributed by atoms with Crippen LogP contribution in [-0.2, 0) is 0 Å². The van der Waals surface area contributed by atoms with Crippen molar-refractivity contribution in [2.45, 2.75) is 13.8 Å². The van der Waals surface area contributed by atoms with Crippen molar-refractivity contribution >= 4 is 17.4 Å². The first kappa shape index (κ1) is 12.6. The normalized spacial score (nSPS) is 10.4. The number of hydrogen-bond acceptors (Lipinski definition) is 4. The van der Waals surface area contributed by atoms with Crippen molar-refractivity contribution in [3.05, 3.63) is 34.6 Å². The average Bonchev–Trinajstić information content (AvgIpc) is 2.72. The largest absolute Gasteiger partial charge is 0.497 e. The van der Waals surface area contributed by atoms with Crippen molar-refractivity contribution in [1.82, 2.24) is 15.0 Å². The molecule has 0 amide bonds. The Morgan fingerprint density at radius 3 is 2.72 bits per heavy atom. The number of nitrogens with zero attached hydrogens (tertiary/aromatic N) is 3. The highest BCUT2D eigenvalue weighted by Gasteiger charge is 2.15. The first-order valence-corrected chi connectivity index (χ1v) is 5.69. The van der Waals surface area contributed by atoms with Crippen molar-refractivity contribution in [1.29, 1.82) is 0 Å². The number of carbonyl (C=O) groups excluding carboxylic acids is 1. The number of methoxy groups -OCH3 is 1. The fourth-order valence-electron chi connectivity index (χ4n) is 1.66. The molecule has 0 unspecified atom stereocenters. The van der Waals surface area contributed by atoms with E-state index in [1.54, 1.807) is 32.2 Å². The lowest BCUT2D eigenvalue weighted by Gasteiger charge is -2.08. The molecule has 0 bridgehead atoms. The molecule has 1 aromatic carbocycles. The summed E-state index contributed by atoms with van der Waals surface area (Å²) in [4.78, 5) is 11.3. The van der Waals surface area contributed by atoms with Crippen LogP contribution in [0.4, 0.5) is 0 Å². The number of ketones is 1. The number of hydrogen-bond donors (Lipinski definition) is 0. The van der Waals surface area contributed by atoms with Crippen LogP contribution in [0, 0.1) is 6.92 Å². The minimum absolute atomic E-state index is 0.127. The summed E-state index contributed by atoms with van der Waals surface area (Å²) in [5, 5.41) is 8.31. The quantitative estimate of drug-likeness (QED) is 0.800. The molecule has 0 saturated heterocycles. The summed E-state index contributed by atoms with van der Waals surface area (Å²) >= 11 is 6.12. The predicted octanol–water partition coefficient (Wildman–Crippen LogP) is 2.44. The molecule has 6 heteroatoms. The van der Waals surface area contributed by atoms with E-state index in [1.165, 1.54) is 11.6 Å². The Bertz CT molecular complexity index is 607. The second-order valence-corrected chi connectivity index (χ2v) is 4.22. The summed E-state index contributed by atoms with van der Waals surface area (Å²) in [5.74, 6) is 0.534. The van der Waals surface area contributed by atoms with E-state index in [0.717, 1.165) is 0 Å². The van der Waals surface area contributed by atoms with E-state index in [2.05, 4.69) is 10.3 Å². The number of halogens is 1. The van der Waals surface area contributed by atoms with Gasteiger partial charge in [0, 0.05) is 13.0 Å². The Labute approximate surface area is 109 Å². The first-order valence-electron chi connectivity index (χ1n) is 5.31. The van der Waals surface area contributed by atoms with Crippen LogP contribution in [0.15, 0.2) is 18.2 Å². The lowest BCUT2D eigenvalue weighted by atomic mass is 10.2. The van der Waals surface area contributed by atoms with Gasteiger partial charge >= 0.3 is 0 Å². The molecular formula is C12H12ClN3O2. The molecule has 5 nitrogen and oxygen atoms in total. The van der Waals surface area contributed by atoms with Crippen LogP contribution >= 0.6 is 11.6 Å². The summed E-state index contributed by atoms with van der Waals surface area (Å²) in [7, 11) is 1.57. The van der Waals surface area contributed by atoms with Crippen molar-refractivity contribution in [3.8, 4) is 11.4 Å². The second kappa shape index (κ2) is 4.78. The van der Waals surface area contributed by atoms with Gasteiger partial charge in [0.2, 0.25) is 0 Å². The van der Waals surface area contributed by atoms with Crippen LogP contribution in [0.1, 0.15) is 23.1 Å². The van der Waals surface area contributed by atoms with E-state index < -0.39 is 0 Å². The van der Waals surface area contributed by atoms with Crippen LogP contribution < -0.4 is 4.74 Å². The Balaban J connectivity index is 2.58. The van der Waals surface area contributed by atoms with Crippen LogP contribution in [0.5, 0.6) is 5.75 Å². The zero-order valence-electron chi connectivity index (χ0n) is 10.3. The molecule has 0 aliphatic heterocycles. The third kappa shape index (κ3) is 2.09. The Hall–Kier alpha value is -1.88. The summed E-state index contributed by atoms with van der Waals surface area (Å²) in [6.07, 6.45) is 0. The standard InChI is InChI=1S/C12H12ClN3O2/c1-7-12(8(2)17)14-15-16(7)11-6-9(18-3)4-5-10(11)13/h4-6H,1-3H3. The minimum atomic E-state index is -0.127. The molecule has 0 radical (unpaired) electrons. The molecule has 2 aromatic rings. The topological polar surface area (TPSA) is 57.0 Å². The Kier molecular flexibility index (Phi) is 3.34. The molecule has 2 rings (SSSR count). The molecule has 1 heterocycles. The third-order valence-electron chi connectivity index (χ3n) is 2.61. The van der Waals surface area contributed by atoms with E-state index in [0.29, 0.717) is 27.8 Å². The van der Waals surface area contributed by atoms with Gasteiger partial charge in [-0.05, 0) is 19.1 Å². The molecule has 1 aromatic heterocycles. The zero-order chi connectivity index (χ0) is 13.3. The van der Waals surface area contributed by atoms with Crippen molar-refractivity contribution in [3.63, 3.8) is 0 Å². The van der Waals surface area contributed by atoms with E-state index >= 15 is 0 Å². The number of aromatic nitrogens is 3. The molecule has 94 valence electrons. The van der Waals surface area contributed by atoms with Gasteiger partial charge in [0.05, 0.1) is 23.5 Å². The fourth-order valence-corrected chi connectivity index (χ4v) is 1.86. The highest BCUT2D eigenvalue weighted by Crippen LogP contribution is 2.26. The number of benzene rings is 1. The molecule has 18 heavy (non-hydrogen) atoms. The van der Waals surface area contributed by atoms with Gasteiger partial charge in [-0.1, -0.05) is 16.8 Å². The van der Waals surface area contributed by atoms with Crippen molar-refractivity contribution < 1.29 is 9.53 Å². The van der Waals surface area contributed by atoms with Crippen molar-refractivity contribution in [2.24, 2.45) is 0 Å². The van der Waals surface area contributed by atoms with Crippen LogP contribution in [0.3, 0.4) is 0 Å². The van der Waals surface area contributed by atoms with E-state index in [1.807, 2.05) is 0 Å². The summed E-state index contributed by atoms with van der Waals surface area (Å²) < 4.78 is 6.67. The molecule has 0 atom stereocenters. The van der Waals surface area contributed by atoms with Gasteiger partial charge in [-0.15, -0.1) is 5.10 Å². The van der Waals surface area contributed by atoms with Crippen LogP contribution in [-0.4, -0.2) is 27.9 Å². The van der Waals surface area contributed by atoms with Crippen LogP contribution in [0.2, 0.25) is 5.02 Å². The lowest BCUT2D eigenvalue weighted by molar-refractivity contribution is 0.101. The number of Topliss-reactive ketones (excluding diaryl/α,β-unsaturated/α-hetero) is 1.